The molecule has 1 fully saturated rings. The van der Waals surface area contributed by atoms with Crippen LogP contribution in [0.1, 0.15) is 57.9 Å². The molecule has 0 aliphatic carbocycles. The van der Waals surface area contributed by atoms with E-state index in [2.05, 4.69) is 59.8 Å². The standard InChI is InChI=1S/C21H35N3O.HI/c1-4-5-7-10-18(2)24-20(22-3)23-17-21(13-15-25-16-14-21)19-11-8-6-9-12-19;/h6,8-9,11-12,18H,4-5,7,10,13-17H2,1-3H3,(H2,22,23,24);1H. The summed E-state index contributed by atoms with van der Waals surface area (Å²) in [5, 5.41) is 7.12. The predicted molar refractivity (Wildman–Crippen MR) is 122 cm³/mol. The van der Waals surface area contributed by atoms with Gasteiger partial charge in [-0.25, -0.2) is 0 Å². The zero-order valence-corrected chi connectivity index (χ0v) is 18.9. The zero-order valence-electron chi connectivity index (χ0n) is 16.6. The lowest BCUT2D eigenvalue weighted by molar-refractivity contribution is 0.0513. The van der Waals surface area contributed by atoms with Gasteiger partial charge in [-0.15, -0.1) is 24.0 Å². The number of hydrogen-bond acceptors (Lipinski definition) is 2. The fraction of sp³-hybridized carbons (Fsp3) is 0.667. The van der Waals surface area contributed by atoms with Crippen LogP contribution in [-0.2, 0) is 10.2 Å². The molecular formula is C21H36IN3O. The minimum Gasteiger partial charge on any atom is -0.381 e. The zero-order chi connectivity index (χ0) is 18.0. The number of hydrogen-bond donors (Lipinski definition) is 2. The second-order valence-electron chi connectivity index (χ2n) is 7.23. The van der Waals surface area contributed by atoms with Crippen LogP contribution >= 0.6 is 24.0 Å². The van der Waals surface area contributed by atoms with Crippen molar-refractivity contribution in [3.05, 3.63) is 35.9 Å². The van der Waals surface area contributed by atoms with Gasteiger partial charge in [0, 0.05) is 38.3 Å². The van der Waals surface area contributed by atoms with Crippen LogP contribution in [0.15, 0.2) is 35.3 Å². The van der Waals surface area contributed by atoms with E-state index >= 15 is 0 Å². The molecule has 5 heteroatoms. The van der Waals surface area contributed by atoms with Gasteiger partial charge in [-0.2, -0.15) is 0 Å². The highest BCUT2D eigenvalue weighted by Crippen LogP contribution is 2.34. The smallest absolute Gasteiger partial charge is 0.191 e. The number of ether oxygens (including phenoxy) is 1. The summed E-state index contributed by atoms with van der Waals surface area (Å²) in [5.41, 5.74) is 1.53. The quantitative estimate of drug-likeness (QED) is 0.253. The third-order valence-corrected chi connectivity index (χ3v) is 5.28. The lowest BCUT2D eigenvalue weighted by Gasteiger charge is -2.38. The molecule has 1 aromatic rings. The Labute approximate surface area is 176 Å². The second kappa shape index (κ2) is 12.5. The van der Waals surface area contributed by atoms with E-state index in [1.165, 1.54) is 31.2 Å². The van der Waals surface area contributed by atoms with Crippen molar-refractivity contribution in [2.45, 2.75) is 63.8 Å². The van der Waals surface area contributed by atoms with Crippen molar-refractivity contribution in [2.24, 2.45) is 4.99 Å². The Balaban J connectivity index is 0.00000338. The number of halogens is 1. The Bertz CT molecular complexity index is 515. The lowest BCUT2D eigenvalue weighted by Crippen LogP contribution is -2.49. The van der Waals surface area contributed by atoms with Gasteiger partial charge in [0.15, 0.2) is 5.96 Å². The van der Waals surface area contributed by atoms with Crippen LogP contribution < -0.4 is 10.6 Å². The Morgan fingerprint density at radius 3 is 2.50 bits per heavy atom. The van der Waals surface area contributed by atoms with Crippen LogP contribution in [0.25, 0.3) is 0 Å². The summed E-state index contributed by atoms with van der Waals surface area (Å²) in [7, 11) is 1.85. The summed E-state index contributed by atoms with van der Waals surface area (Å²) in [6.45, 7) is 7.03. The molecule has 2 rings (SSSR count). The molecule has 1 atom stereocenters. The molecule has 1 aliphatic rings. The minimum absolute atomic E-state index is 0. The first-order valence-corrected chi connectivity index (χ1v) is 9.80. The fourth-order valence-electron chi connectivity index (χ4n) is 3.57. The summed E-state index contributed by atoms with van der Waals surface area (Å²) >= 11 is 0. The average molecular weight is 473 g/mol. The minimum atomic E-state index is 0. The van der Waals surface area contributed by atoms with Gasteiger partial charge in [0.2, 0.25) is 0 Å². The summed E-state index contributed by atoms with van der Waals surface area (Å²) in [5.74, 6) is 0.908. The molecule has 1 aliphatic heterocycles. The topological polar surface area (TPSA) is 45.7 Å². The highest BCUT2D eigenvalue weighted by molar-refractivity contribution is 14.0. The Hall–Kier alpha value is -0.820. The molecular weight excluding hydrogens is 437 g/mol. The van der Waals surface area contributed by atoms with Gasteiger partial charge in [-0.1, -0.05) is 56.5 Å². The molecule has 26 heavy (non-hydrogen) atoms. The first kappa shape index (κ1) is 23.2. The van der Waals surface area contributed by atoms with Gasteiger partial charge in [0.25, 0.3) is 0 Å². The molecule has 0 saturated carbocycles. The van der Waals surface area contributed by atoms with Gasteiger partial charge in [0.05, 0.1) is 0 Å². The van der Waals surface area contributed by atoms with Crippen molar-refractivity contribution in [3.8, 4) is 0 Å². The van der Waals surface area contributed by atoms with Gasteiger partial charge in [-0.05, 0) is 31.7 Å². The first-order chi connectivity index (χ1) is 12.2. The lowest BCUT2D eigenvalue weighted by atomic mass is 9.74. The molecule has 4 nitrogen and oxygen atoms in total. The third-order valence-electron chi connectivity index (χ3n) is 5.28. The number of guanidine groups is 1. The molecule has 1 heterocycles. The number of unbranched alkanes of at least 4 members (excludes halogenated alkanes) is 2. The third kappa shape index (κ3) is 7.06. The fourth-order valence-corrected chi connectivity index (χ4v) is 3.57. The van der Waals surface area contributed by atoms with E-state index in [1.54, 1.807) is 0 Å². The molecule has 0 radical (unpaired) electrons. The average Bonchev–Trinajstić information content (AvgIpc) is 2.67. The van der Waals surface area contributed by atoms with E-state index in [0.717, 1.165) is 38.6 Å². The number of benzene rings is 1. The molecule has 0 amide bonds. The summed E-state index contributed by atoms with van der Waals surface area (Å²) < 4.78 is 5.63. The number of rotatable bonds is 8. The van der Waals surface area contributed by atoms with Crippen molar-refractivity contribution in [1.29, 1.82) is 0 Å². The van der Waals surface area contributed by atoms with Gasteiger partial charge < -0.3 is 15.4 Å². The van der Waals surface area contributed by atoms with E-state index in [1.807, 2.05) is 7.05 Å². The van der Waals surface area contributed by atoms with Crippen LogP contribution in [0.4, 0.5) is 0 Å². The van der Waals surface area contributed by atoms with E-state index < -0.39 is 0 Å². The van der Waals surface area contributed by atoms with Crippen molar-refractivity contribution < 1.29 is 4.74 Å². The van der Waals surface area contributed by atoms with Crippen LogP contribution in [0.3, 0.4) is 0 Å². The van der Waals surface area contributed by atoms with Crippen molar-refractivity contribution in [1.82, 2.24) is 10.6 Å². The number of nitrogens with one attached hydrogen (secondary N) is 2. The van der Waals surface area contributed by atoms with Crippen LogP contribution in [-0.4, -0.2) is 38.8 Å². The predicted octanol–water partition coefficient (Wildman–Crippen LogP) is 4.49. The Morgan fingerprint density at radius 1 is 1.19 bits per heavy atom. The monoisotopic (exact) mass is 473 g/mol. The van der Waals surface area contributed by atoms with Crippen LogP contribution in [0, 0.1) is 0 Å². The molecule has 0 spiro atoms. The Kier molecular flexibility index (Phi) is 11.2. The molecule has 148 valence electrons. The largest absolute Gasteiger partial charge is 0.381 e. The normalized spacial score (nSPS) is 17.9. The van der Waals surface area contributed by atoms with Gasteiger partial charge in [0.1, 0.15) is 0 Å². The maximum absolute atomic E-state index is 5.63. The van der Waals surface area contributed by atoms with E-state index in [0.29, 0.717) is 6.04 Å². The van der Waals surface area contributed by atoms with Crippen molar-refractivity contribution in [2.75, 3.05) is 26.8 Å². The van der Waals surface area contributed by atoms with E-state index in [-0.39, 0.29) is 29.4 Å². The van der Waals surface area contributed by atoms with Crippen molar-refractivity contribution >= 4 is 29.9 Å². The second-order valence-corrected chi connectivity index (χ2v) is 7.23. The van der Waals surface area contributed by atoms with E-state index in [9.17, 15) is 0 Å². The van der Waals surface area contributed by atoms with E-state index in [4.69, 9.17) is 4.74 Å². The SMILES string of the molecule is CCCCCC(C)NC(=NC)NCC1(c2ccccc2)CCOCC1.I. The molecule has 1 unspecified atom stereocenters. The van der Waals surface area contributed by atoms with Crippen LogP contribution in [0.2, 0.25) is 0 Å². The summed E-state index contributed by atoms with van der Waals surface area (Å²) in [4.78, 5) is 4.43. The molecule has 0 aromatic heterocycles. The number of aliphatic imine (C=N–C) groups is 1. The maximum Gasteiger partial charge on any atom is 0.191 e. The van der Waals surface area contributed by atoms with Gasteiger partial charge >= 0.3 is 0 Å². The van der Waals surface area contributed by atoms with Gasteiger partial charge in [-0.3, -0.25) is 4.99 Å². The molecule has 2 N–H and O–H groups in total. The molecule has 0 bridgehead atoms. The highest BCUT2D eigenvalue weighted by Gasteiger charge is 2.34. The number of nitrogens with zero attached hydrogens (tertiary/aromatic N) is 1. The van der Waals surface area contributed by atoms with Crippen LogP contribution in [0.5, 0.6) is 0 Å². The van der Waals surface area contributed by atoms with Crippen molar-refractivity contribution in [3.63, 3.8) is 0 Å². The molecule has 1 saturated heterocycles. The Morgan fingerprint density at radius 2 is 1.88 bits per heavy atom. The molecule has 1 aromatic carbocycles. The summed E-state index contributed by atoms with van der Waals surface area (Å²) in [6.07, 6.45) is 7.12. The maximum atomic E-state index is 5.63. The highest BCUT2D eigenvalue weighted by atomic mass is 127. The summed E-state index contributed by atoms with van der Waals surface area (Å²) in [6, 6.07) is 11.3. The first-order valence-electron chi connectivity index (χ1n) is 9.80.